The van der Waals surface area contributed by atoms with Gasteiger partial charge in [0.15, 0.2) is 45.9 Å². The Labute approximate surface area is 756 Å². The molecule has 131 heavy (non-hydrogen) atoms. The van der Waals surface area contributed by atoms with E-state index in [9.17, 15) is 4.39 Å². The predicted molar refractivity (Wildman–Crippen MR) is 516 cm³/mol. The highest BCUT2D eigenvalue weighted by atomic mass is 19.1. The number of ether oxygens (including phenoxy) is 1. The molecule has 23 rings (SSSR count). The zero-order chi connectivity index (χ0) is 89.1. The molecule has 7 aliphatic rings. The van der Waals surface area contributed by atoms with Crippen LogP contribution >= 0.6 is 0 Å². The van der Waals surface area contributed by atoms with Crippen molar-refractivity contribution in [1.29, 1.82) is 0 Å². The van der Waals surface area contributed by atoms with E-state index in [1.165, 1.54) is 60.4 Å². The highest BCUT2D eigenvalue weighted by Gasteiger charge is 2.29. The molecule has 0 aliphatic carbocycles. The summed E-state index contributed by atoms with van der Waals surface area (Å²) in [5.41, 5.74) is 21.6. The van der Waals surface area contributed by atoms with Crippen molar-refractivity contribution in [2.75, 3.05) is 125 Å². The zero-order valence-corrected chi connectivity index (χ0v) is 73.6. The molecule has 0 spiro atoms. The summed E-state index contributed by atoms with van der Waals surface area (Å²) in [5.74, 6) is 6.97. The molecule has 12 aromatic heterocycles. The van der Waals surface area contributed by atoms with Gasteiger partial charge in [0.2, 0.25) is 0 Å². The first kappa shape index (κ1) is 83.8. The number of anilines is 13. The van der Waals surface area contributed by atoms with Crippen LogP contribution in [0.3, 0.4) is 0 Å². The number of rotatable bonds is 19. The van der Waals surface area contributed by atoms with Crippen LogP contribution in [0.4, 0.5) is 79.4 Å². The molecule has 6 N–H and O–H groups in total. The summed E-state index contributed by atoms with van der Waals surface area (Å²) < 4.78 is 28.1. The second kappa shape index (κ2) is 36.7. The molecule has 3 saturated heterocycles. The number of imidazole rings is 4. The number of aliphatic hydroxyl groups is 1. The molecule has 0 bridgehead atoms. The summed E-state index contributed by atoms with van der Waals surface area (Å²) in [5, 5.41) is 25.9. The van der Waals surface area contributed by atoms with Gasteiger partial charge in [0.1, 0.15) is 41.4 Å². The lowest BCUT2D eigenvalue weighted by molar-refractivity contribution is 0.209. The van der Waals surface area contributed by atoms with Crippen LogP contribution < -0.4 is 50.9 Å². The summed E-state index contributed by atoms with van der Waals surface area (Å²) in [4.78, 5) is 80.3. The van der Waals surface area contributed by atoms with Crippen molar-refractivity contribution in [3.63, 3.8) is 0 Å². The number of nitrogens with zero attached hydrogens (tertiary/aromatic N) is 24. The smallest absolute Gasteiger partial charge is 0.180 e. The highest BCUT2D eigenvalue weighted by molar-refractivity contribution is 5.89. The molecule has 31 nitrogen and oxygen atoms in total. The highest BCUT2D eigenvalue weighted by Crippen LogP contribution is 2.39. The van der Waals surface area contributed by atoms with E-state index in [0.717, 1.165) is 179 Å². The lowest BCUT2D eigenvalue weighted by Crippen LogP contribution is -2.49. The van der Waals surface area contributed by atoms with Gasteiger partial charge in [-0.2, -0.15) is 0 Å². The second-order valence-corrected chi connectivity index (χ2v) is 34.6. The molecule has 3 fully saturated rings. The number of piperazine rings is 1. The number of pyridine rings is 4. The van der Waals surface area contributed by atoms with Gasteiger partial charge in [-0.05, 0) is 170 Å². The van der Waals surface area contributed by atoms with Crippen molar-refractivity contribution in [3.8, 4) is 50.8 Å². The molecule has 32 heteroatoms. The predicted octanol–water partition coefficient (Wildman–Crippen LogP) is 17.0. The van der Waals surface area contributed by atoms with Crippen molar-refractivity contribution in [2.24, 2.45) is 20.4 Å². The van der Waals surface area contributed by atoms with Gasteiger partial charge >= 0.3 is 0 Å². The molecule has 660 valence electrons. The number of halogens is 1. The molecule has 4 aromatic carbocycles. The van der Waals surface area contributed by atoms with Crippen molar-refractivity contribution in [1.82, 2.24) is 82.3 Å². The fraction of sp³-hybridized carbons (Fsp3) is 0.263. The third-order valence-electron chi connectivity index (χ3n) is 24.5. The van der Waals surface area contributed by atoms with Crippen LogP contribution in [0.25, 0.3) is 67.6 Å². The monoisotopic (exact) mass is 1750 g/mol. The topological polar surface area (TPSA) is 315 Å². The van der Waals surface area contributed by atoms with Crippen LogP contribution in [0.2, 0.25) is 0 Å². The number of hydrogen-bond donors (Lipinski definition) is 6. The molecular formula is C99H100FN29O2. The van der Waals surface area contributed by atoms with Gasteiger partial charge in [0.25, 0.3) is 0 Å². The number of aromatic nitrogens is 16. The largest absolute Gasteiger partial charge is 0.485 e. The van der Waals surface area contributed by atoms with E-state index in [-0.39, 0.29) is 12.4 Å². The minimum atomic E-state index is -0.279. The maximum Gasteiger partial charge on any atom is 0.180 e. The Balaban J connectivity index is 0.000000109. The summed E-state index contributed by atoms with van der Waals surface area (Å²) in [6, 6.07) is 38.9. The molecule has 7 aliphatic heterocycles. The van der Waals surface area contributed by atoms with Crippen molar-refractivity contribution < 1.29 is 14.2 Å². The fourth-order valence-electron chi connectivity index (χ4n) is 17.4. The Morgan fingerprint density at radius 1 is 0.481 bits per heavy atom. The van der Waals surface area contributed by atoms with E-state index in [4.69, 9.17) is 39.7 Å². The number of likely N-dealkylation sites (N-methyl/N-ethyl adjacent to an activating group) is 1. The SMILES string of the molecule is C=C1COc2ccc(-c3cn4ccnc4c(Nc4ccc(N(C)CCO)nc4)n3)cc2N1.CC(C)N1CCN(c2ccc(Nc3nc(-c4ccc5c(c4)CN=C5)cn4ccnc34)cn2)CC1.CC1(C)CCCN(c2ccc(Nc3nc(-c4ccc5c(c4)CN=C5)cn4ccnc34)cn2)C1.Fc1cc(-c2cn3ccnc3c(Nc3ccc(N4CCCCC4)nc3)n2)cc2c1C=NC2. The van der Waals surface area contributed by atoms with Crippen LogP contribution in [-0.2, 0) is 19.6 Å². The normalized spacial score (nSPS) is 15.2. The number of aliphatic imine (C=N–C) groups is 3. The molecule has 0 unspecified atom stereocenters. The molecule has 0 atom stereocenters. The number of hydrogen-bond acceptors (Lipinski definition) is 27. The number of aliphatic hydroxyl groups excluding tert-OH is 1. The Morgan fingerprint density at radius 3 is 1.40 bits per heavy atom. The van der Waals surface area contributed by atoms with Crippen LogP contribution in [0.15, 0.2) is 242 Å². The van der Waals surface area contributed by atoms with Crippen LogP contribution in [-0.4, -0.2) is 191 Å². The lowest BCUT2D eigenvalue weighted by Gasteiger charge is -2.38. The first-order chi connectivity index (χ1) is 64.0. The van der Waals surface area contributed by atoms with Gasteiger partial charge < -0.3 is 73.6 Å². The summed E-state index contributed by atoms with van der Waals surface area (Å²) in [6.07, 6.45) is 41.5. The minimum absolute atomic E-state index is 0.0746. The van der Waals surface area contributed by atoms with Gasteiger partial charge in [-0.15, -0.1) is 0 Å². The average molecular weight is 1750 g/mol. The summed E-state index contributed by atoms with van der Waals surface area (Å²) in [7, 11) is 1.89. The van der Waals surface area contributed by atoms with E-state index >= 15 is 0 Å². The Morgan fingerprint density at radius 2 is 0.924 bits per heavy atom. The van der Waals surface area contributed by atoms with Gasteiger partial charge in [0.05, 0.1) is 102 Å². The van der Waals surface area contributed by atoms with Crippen molar-refractivity contribution in [2.45, 2.75) is 85.5 Å². The lowest BCUT2D eigenvalue weighted by atomic mass is 9.84. The number of benzene rings is 4. The van der Waals surface area contributed by atoms with Crippen molar-refractivity contribution >= 4 is 116 Å². The third kappa shape index (κ3) is 18.6. The number of piperidine rings is 2. The second-order valence-electron chi connectivity index (χ2n) is 34.6. The Kier molecular flexibility index (Phi) is 23.5. The summed E-state index contributed by atoms with van der Waals surface area (Å²) in [6.45, 7) is 24.5. The van der Waals surface area contributed by atoms with Crippen molar-refractivity contribution in [3.05, 3.63) is 266 Å². The molecule has 16 aromatic rings. The van der Waals surface area contributed by atoms with E-state index < -0.39 is 0 Å². The quantitative estimate of drug-likeness (QED) is 0.0438. The molecule has 0 radical (unpaired) electrons. The van der Waals surface area contributed by atoms with Crippen LogP contribution in [0, 0.1) is 11.2 Å². The van der Waals surface area contributed by atoms with E-state index in [0.29, 0.717) is 82.5 Å². The Bertz CT molecular complexity index is 6970. The fourth-order valence-corrected chi connectivity index (χ4v) is 17.4. The summed E-state index contributed by atoms with van der Waals surface area (Å²) >= 11 is 0. The third-order valence-corrected chi connectivity index (χ3v) is 24.5. The van der Waals surface area contributed by atoms with E-state index in [2.05, 4.69) is 186 Å². The molecule has 0 saturated carbocycles. The molecular weight excluding hydrogens is 1650 g/mol. The van der Waals surface area contributed by atoms with Gasteiger partial charge in [-0.25, -0.2) is 64.2 Å². The first-order valence-electron chi connectivity index (χ1n) is 44.4. The van der Waals surface area contributed by atoms with Gasteiger partial charge in [0, 0.05) is 199 Å². The van der Waals surface area contributed by atoms with Gasteiger partial charge in [-0.3, -0.25) is 19.9 Å². The maximum absolute atomic E-state index is 14.6. The molecule has 0 amide bonds. The molecule has 19 heterocycles. The number of fused-ring (bicyclic) bond motifs is 8. The first-order valence-corrected chi connectivity index (χ1v) is 44.4. The maximum atomic E-state index is 14.6. The van der Waals surface area contributed by atoms with E-state index in [1.807, 2.05) is 159 Å². The zero-order valence-electron chi connectivity index (χ0n) is 73.6. The minimum Gasteiger partial charge on any atom is -0.485 e. The average Bonchev–Trinajstić information content (AvgIpc) is 1.74. The number of nitrogens with one attached hydrogen (secondary N) is 5. The standard InChI is InChI=1S/C26H28N8.C26H27N7.C24H22FN7.C23H23N7O2/c1-18(2)32-9-11-33(12-10-32)24-6-5-22(16-29-24)30-25-26-28-7-8-34(26)17-23(31-25)19-3-4-20-14-27-15-21(20)13-19;1-26(2)8-3-10-33(17-26)23-7-6-21(15-29-23)30-24-25-28-9-11-32(25)16-22(31-24)18-4-5-19-13-27-14-20(19)12-18;25-20-11-16(10-17-12-26-14-19(17)20)21-15-32-9-6-27-24(32)23(30-21)29-18-4-5-22(28-13-18)31-7-2-1-3-8-31;1-15-14-32-20-5-3-16(11-18(20)26-15)19-13-30-8-7-24-23(30)22(28-19)27-17-4-6-21(25-12-17)29(2)9-10-31/h3-8,13-14,16-18H,9-12,15H2,1-2H3,(H,30,31);4-7,9,11-13,15-16H,3,8,10,14,17H2,1-2H3,(H,30,31);4-6,9-11,13-15H,1-3,7-8,12H2,(H,29,30);3-8,11-13,26,31H,1,9-10,14H2,2H3,(H,27,28). The van der Waals surface area contributed by atoms with Gasteiger partial charge in [-0.1, -0.05) is 44.7 Å². The van der Waals surface area contributed by atoms with E-state index in [1.54, 1.807) is 37.2 Å². The Hall–Kier alpha value is -15.4. The van der Waals surface area contributed by atoms with Crippen LogP contribution in [0.1, 0.15) is 93.2 Å². The van der Waals surface area contributed by atoms with Crippen LogP contribution in [0.5, 0.6) is 5.75 Å².